The Morgan fingerprint density at radius 3 is 2.52 bits per heavy atom. The molecule has 0 unspecified atom stereocenters. The summed E-state index contributed by atoms with van der Waals surface area (Å²) in [6.45, 7) is 0. The first kappa shape index (κ1) is 13.4. The number of benzene rings is 2. The van der Waals surface area contributed by atoms with Gasteiger partial charge in [0.1, 0.15) is 4.90 Å². The lowest BCUT2D eigenvalue weighted by molar-refractivity contribution is 0.602. The molecule has 6 heteroatoms. The summed E-state index contributed by atoms with van der Waals surface area (Å²) in [5.74, 6) is 0. The lowest BCUT2D eigenvalue weighted by atomic mass is 10.2. The molecule has 1 heterocycles. The van der Waals surface area contributed by atoms with Crippen LogP contribution in [0.15, 0.2) is 65.7 Å². The van der Waals surface area contributed by atoms with Gasteiger partial charge in [-0.15, -0.1) is 0 Å². The third kappa shape index (κ3) is 2.53. The molecule has 0 bridgehead atoms. The number of nitrogens with one attached hydrogen (secondary N) is 1. The quantitative estimate of drug-likeness (QED) is 0.728. The van der Waals surface area contributed by atoms with Gasteiger partial charge >= 0.3 is 0 Å². The van der Waals surface area contributed by atoms with Gasteiger partial charge in [0.25, 0.3) is 10.0 Å². The molecule has 5 nitrogen and oxygen atoms in total. The summed E-state index contributed by atoms with van der Waals surface area (Å²) in [5, 5.41) is 0.765. The number of pyridine rings is 1. The molecule has 106 valence electrons. The van der Waals surface area contributed by atoms with Crippen molar-refractivity contribution in [2.75, 3.05) is 10.5 Å². The average Bonchev–Trinajstić information content (AvgIpc) is 2.49. The van der Waals surface area contributed by atoms with Crippen LogP contribution in [0, 0.1) is 0 Å². The third-order valence-corrected chi connectivity index (χ3v) is 4.49. The number of sulfonamides is 1. The number of aromatic nitrogens is 1. The first-order valence-corrected chi connectivity index (χ1v) is 7.77. The summed E-state index contributed by atoms with van der Waals surface area (Å²) >= 11 is 0. The maximum absolute atomic E-state index is 12.6. The van der Waals surface area contributed by atoms with E-state index in [-0.39, 0.29) is 4.90 Å². The van der Waals surface area contributed by atoms with Gasteiger partial charge in [-0.2, -0.15) is 0 Å². The average molecular weight is 299 g/mol. The fourth-order valence-corrected chi connectivity index (χ4v) is 3.35. The van der Waals surface area contributed by atoms with Crippen LogP contribution in [0.3, 0.4) is 0 Å². The molecule has 0 spiro atoms. The summed E-state index contributed by atoms with van der Waals surface area (Å²) < 4.78 is 27.6. The standard InChI is InChI=1S/C15H13N3O2S/c16-12-7-1-2-8-13(12)18-21(19,20)14-9-3-5-11-6-4-10-17-15(11)14/h1-10,18H,16H2. The highest BCUT2D eigenvalue weighted by Gasteiger charge is 2.18. The third-order valence-electron chi connectivity index (χ3n) is 3.09. The van der Waals surface area contributed by atoms with Crippen molar-refractivity contribution in [3.05, 3.63) is 60.8 Å². The lowest BCUT2D eigenvalue weighted by Crippen LogP contribution is -2.14. The van der Waals surface area contributed by atoms with Gasteiger partial charge in [0.15, 0.2) is 0 Å². The van der Waals surface area contributed by atoms with Crippen molar-refractivity contribution in [3.8, 4) is 0 Å². The Kier molecular flexibility index (Phi) is 3.23. The first-order chi connectivity index (χ1) is 10.1. The molecular formula is C15H13N3O2S. The van der Waals surface area contributed by atoms with E-state index in [1.54, 1.807) is 42.6 Å². The molecule has 3 N–H and O–H groups in total. The zero-order valence-electron chi connectivity index (χ0n) is 11.0. The molecule has 0 saturated heterocycles. The van der Waals surface area contributed by atoms with E-state index in [1.807, 2.05) is 12.1 Å². The second-order valence-electron chi connectivity index (χ2n) is 4.52. The Labute approximate surface area is 122 Å². The molecule has 0 atom stereocenters. The molecule has 1 aromatic heterocycles. The predicted molar refractivity (Wildman–Crippen MR) is 83.4 cm³/mol. The largest absolute Gasteiger partial charge is 0.397 e. The maximum atomic E-state index is 12.6. The van der Waals surface area contributed by atoms with Crippen molar-refractivity contribution in [3.63, 3.8) is 0 Å². The number of fused-ring (bicyclic) bond motifs is 1. The van der Waals surface area contributed by atoms with Gasteiger partial charge in [-0.25, -0.2) is 8.42 Å². The van der Waals surface area contributed by atoms with E-state index in [2.05, 4.69) is 9.71 Å². The summed E-state index contributed by atoms with van der Waals surface area (Å²) in [4.78, 5) is 4.29. The highest BCUT2D eigenvalue weighted by Crippen LogP contribution is 2.25. The van der Waals surface area contributed by atoms with E-state index < -0.39 is 10.0 Å². The maximum Gasteiger partial charge on any atom is 0.264 e. The second kappa shape index (κ2) is 5.06. The Morgan fingerprint density at radius 1 is 0.952 bits per heavy atom. The molecule has 0 fully saturated rings. The van der Waals surface area contributed by atoms with Gasteiger partial charge in [0.05, 0.1) is 16.9 Å². The van der Waals surface area contributed by atoms with E-state index in [4.69, 9.17) is 5.73 Å². The van der Waals surface area contributed by atoms with Crippen LogP contribution in [0.5, 0.6) is 0 Å². The van der Waals surface area contributed by atoms with Gasteiger partial charge in [-0.05, 0) is 24.3 Å². The van der Waals surface area contributed by atoms with Crippen LogP contribution < -0.4 is 10.5 Å². The van der Waals surface area contributed by atoms with Crippen LogP contribution in [0.25, 0.3) is 10.9 Å². The molecule has 3 aromatic rings. The van der Waals surface area contributed by atoms with Crippen LogP contribution in [0.4, 0.5) is 11.4 Å². The Hall–Kier alpha value is -2.60. The van der Waals surface area contributed by atoms with Crippen LogP contribution in [-0.4, -0.2) is 13.4 Å². The number of rotatable bonds is 3. The molecule has 0 aliphatic heterocycles. The zero-order chi connectivity index (χ0) is 14.9. The Morgan fingerprint density at radius 2 is 1.71 bits per heavy atom. The molecular weight excluding hydrogens is 286 g/mol. The molecule has 0 amide bonds. The zero-order valence-corrected chi connectivity index (χ0v) is 11.8. The summed E-state index contributed by atoms with van der Waals surface area (Å²) in [5.41, 5.74) is 6.93. The van der Waals surface area contributed by atoms with Crippen LogP contribution >= 0.6 is 0 Å². The first-order valence-electron chi connectivity index (χ1n) is 6.29. The van der Waals surface area contributed by atoms with E-state index in [0.29, 0.717) is 16.9 Å². The van der Waals surface area contributed by atoms with Crippen LogP contribution in [0.1, 0.15) is 0 Å². The number of nitrogens with zero attached hydrogens (tertiary/aromatic N) is 1. The van der Waals surface area contributed by atoms with Crippen molar-refractivity contribution in [2.45, 2.75) is 4.90 Å². The van der Waals surface area contributed by atoms with Crippen molar-refractivity contribution < 1.29 is 8.42 Å². The number of hydrogen-bond donors (Lipinski definition) is 2. The van der Waals surface area contributed by atoms with E-state index in [0.717, 1.165) is 5.39 Å². The molecule has 0 aliphatic carbocycles. The smallest absolute Gasteiger partial charge is 0.264 e. The van der Waals surface area contributed by atoms with E-state index in [1.165, 1.54) is 6.07 Å². The SMILES string of the molecule is Nc1ccccc1NS(=O)(=O)c1cccc2cccnc12. The summed E-state index contributed by atoms with van der Waals surface area (Å²) in [6, 6.07) is 15.3. The second-order valence-corrected chi connectivity index (χ2v) is 6.17. The van der Waals surface area contributed by atoms with Crippen LogP contribution in [0.2, 0.25) is 0 Å². The topological polar surface area (TPSA) is 85.1 Å². The minimum atomic E-state index is -3.75. The molecule has 3 rings (SSSR count). The van der Waals surface area contributed by atoms with Gasteiger partial charge in [0, 0.05) is 11.6 Å². The van der Waals surface area contributed by atoms with Crippen LogP contribution in [-0.2, 0) is 10.0 Å². The monoisotopic (exact) mass is 299 g/mol. The van der Waals surface area contributed by atoms with E-state index in [9.17, 15) is 8.42 Å². The highest BCUT2D eigenvalue weighted by atomic mass is 32.2. The minimum Gasteiger partial charge on any atom is -0.397 e. The summed E-state index contributed by atoms with van der Waals surface area (Å²) in [7, 11) is -3.75. The predicted octanol–water partition coefficient (Wildman–Crippen LogP) is 2.62. The van der Waals surface area contributed by atoms with Crippen molar-refractivity contribution in [1.82, 2.24) is 4.98 Å². The number of hydrogen-bond acceptors (Lipinski definition) is 4. The van der Waals surface area contributed by atoms with E-state index >= 15 is 0 Å². The fourth-order valence-electron chi connectivity index (χ4n) is 2.08. The Bertz CT molecular complexity index is 902. The number of nitrogens with two attached hydrogens (primary N) is 1. The lowest BCUT2D eigenvalue weighted by Gasteiger charge is -2.11. The summed E-state index contributed by atoms with van der Waals surface area (Å²) in [6.07, 6.45) is 1.57. The highest BCUT2D eigenvalue weighted by molar-refractivity contribution is 7.93. The fraction of sp³-hybridized carbons (Fsp3) is 0. The molecule has 21 heavy (non-hydrogen) atoms. The Balaban J connectivity index is 2.11. The number of nitrogen functional groups attached to an aromatic ring is 1. The van der Waals surface area contributed by atoms with Crippen molar-refractivity contribution >= 4 is 32.3 Å². The number of para-hydroxylation sites is 3. The molecule has 0 aliphatic rings. The van der Waals surface area contributed by atoms with Gasteiger partial charge < -0.3 is 5.73 Å². The molecule has 0 saturated carbocycles. The molecule has 2 aromatic carbocycles. The van der Waals surface area contributed by atoms with Gasteiger partial charge in [-0.3, -0.25) is 9.71 Å². The van der Waals surface area contributed by atoms with Gasteiger partial charge in [-0.1, -0.05) is 30.3 Å². The normalized spacial score (nSPS) is 11.4. The number of anilines is 2. The molecule has 0 radical (unpaired) electrons. The van der Waals surface area contributed by atoms with Crippen molar-refractivity contribution in [1.29, 1.82) is 0 Å². The van der Waals surface area contributed by atoms with Crippen molar-refractivity contribution in [2.24, 2.45) is 0 Å². The van der Waals surface area contributed by atoms with Gasteiger partial charge in [0.2, 0.25) is 0 Å². The minimum absolute atomic E-state index is 0.129.